The molecule has 0 fully saturated rings. The zero-order valence-corrected chi connectivity index (χ0v) is 26.5. The maximum atomic E-state index is 6.72. The van der Waals surface area contributed by atoms with Crippen LogP contribution in [0.4, 0.5) is 17.1 Å². The second-order valence-electron chi connectivity index (χ2n) is 12.5. The van der Waals surface area contributed by atoms with Gasteiger partial charge in [-0.2, -0.15) is 0 Å². The first-order valence-corrected chi connectivity index (χ1v) is 16.6. The van der Waals surface area contributed by atoms with Crippen LogP contribution in [0.5, 0.6) is 0 Å². The SMILES string of the molecule is c1ccc(-c2ccc(N(c3ccc(-c4cccc5c4oc4ccccc45)cc3)c3cc4ccccc4c4c3oc3ccccc34)cc2)cc1. The fourth-order valence-electron chi connectivity index (χ4n) is 7.35. The molecule has 0 radical (unpaired) electrons. The predicted octanol–water partition coefficient (Wildman–Crippen LogP) is 13.4. The molecule has 0 atom stereocenters. The zero-order chi connectivity index (χ0) is 32.3. The maximum absolute atomic E-state index is 6.72. The lowest BCUT2D eigenvalue weighted by atomic mass is 10.00. The topological polar surface area (TPSA) is 29.5 Å². The number of furan rings is 2. The number of fused-ring (bicyclic) bond motifs is 8. The molecular formula is C46H29NO2. The number of para-hydroxylation sites is 3. The second-order valence-corrected chi connectivity index (χ2v) is 12.5. The molecule has 10 rings (SSSR count). The molecule has 8 aromatic carbocycles. The minimum absolute atomic E-state index is 0.864. The normalized spacial score (nSPS) is 11.7. The zero-order valence-electron chi connectivity index (χ0n) is 26.5. The van der Waals surface area contributed by atoms with Crippen molar-refractivity contribution in [3.63, 3.8) is 0 Å². The Bertz CT molecular complexity index is 2810. The Balaban J connectivity index is 1.18. The van der Waals surface area contributed by atoms with E-state index in [4.69, 9.17) is 8.83 Å². The van der Waals surface area contributed by atoms with Gasteiger partial charge < -0.3 is 13.7 Å². The van der Waals surface area contributed by atoms with Crippen molar-refractivity contribution >= 4 is 71.7 Å². The van der Waals surface area contributed by atoms with Gasteiger partial charge in [-0.15, -0.1) is 0 Å². The Hall–Kier alpha value is -6.58. The van der Waals surface area contributed by atoms with Crippen LogP contribution in [-0.2, 0) is 0 Å². The minimum Gasteiger partial charge on any atom is -0.455 e. The quantitative estimate of drug-likeness (QED) is 0.190. The Labute approximate surface area is 282 Å². The van der Waals surface area contributed by atoms with Crippen LogP contribution in [0.2, 0.25) is 0 Å². The number of hydrogen-bond donors (Lipinski definition) is 0. The van der Waals surface area contributed by atoms with E-state index in [1.807, 2.05) is 18.2 Å². The third-order valence-corrected chi connectivity index (χ3v) is 9.66. The van der Waals surface area contributed by atoms with Crippen LogP contribution in [0.1, 0.15) is 0 Å². The lowest BCUT2D eigenvalue weighted by Crippen LogP contribution is -2.10. The number of benzene rings is 8. The highest BCUT2D eigenvalue weighted by molar-refractivity contribution is 6.23. The van der Waals surface area contributed by atoms with E-state index in [1.165, 1.54) is 16.5 Å². The highest BCUT2D eigenvalue weighted by Gasteiger charge is 2.22. The highest BCUT2D eigenvalue weighted by Crippen LogP contribution is 2.46. The van der Waals surface area contributed by atoms with Gasteiger partial charge in [0, 0.05) is 38.5 Å². The second kappa shape index (κ2) is 11.0. The van der Waals surface area contributed by atoms with Crippen molar-refractivity contribution in [3.8, 4) is 22.3 Å². The standard InChI is InChI=1S/C46H29NO2/c1-2-11-30(12-3-1)31-21-25-34(26-22-31)47(41-29-33-13-4-5-14-36(33)44-40-16-7-9-20-43(40)49-46(41)44)35-27-23-32(24-28-35)37-17-10-18-39-38-15-6-8-19-42(38)48-45(37)39/h1-29H. The molecule has 3 nitrogen and oxygen atoms in total. The summed E-state index contributed by atoms with van der Waals surface area (Å²) in [6.07, 6.45) is 0. The van der Waals surface area contributed by atoms with Gasteiger partial charge in [0.25, 0.3) is 0 Å². The van der Waals surface area contributed by atoms with Gasteiger partial charge in [0.2, 0.25) is 0 Å². The maximum Gasteiger partial charge on any atom is 0.160 e. The largest absolute Gasteiger partial charge is 0.455 e. The summed E-state index contributed by atoms with van der Waals surface area (Å²) in [7, 11) is 0. The average Bonchev–Trinajstić information content (AvgIpc) is 3.76. The van der Waals surface area contributed by atoms with E-state index in [9.17, 15) is 0 Å². The predicted molar refractivity (Wildman–Crippen MR) is 204 cm³/mol. The summed E-state index contributed by atoms with van der Waals surface area (Å²) >= 11 is 0. The Morgan fingerprint density at radius 2 is 0.918 bits per heavy atom. The Morgan fingerprint density at radius 3 is 1.67 bits per heavy atom. The Kier molecular flexibility index (Phi) is 6.18. The van der Waals surface area contributed by atoms with Crippen molar-refractivity contribution in [2.24, 2.45) is 0 Å². The number of rotatable bonds is 5. The molecule has 0 bridgehead atoms. The summed E-state index contributed by atoms with van der Waals surface area (Å²) < 4.78 is 13.1. The van der Waals surface area contributed by atoms with E-state index in [1.54, 1.807) is 0 Å². The van der Waals surface area contributed by atoms with Gasteiger partial charge >= 0.3 is 0 Å². The van der Waals surface area contributed by atoms with Gasteiger partial charge in [0.15, 0.2) is 5.58 Å². The van der Waals surface area contributed by atoms with Crippen LogP contribution >= 0.6 is 0 Å². The van der Waals surface area contributed by atoms with Crippen molar-refractivity contribution in [1.82, 2.24) is 0 Å². The van der Waals surface area contributed by atoms with Crippen molar-refractivity contribution < 1.29 is 8.83 Å². The molecule has 2 heterocycles. The van der Waals surface area contributed by atoms with Crippen LogP contribution in [0.25, 0.3) is 76.9 Å². The highest BCUT2D eigenvalue weighted by atomic mass is 16.3. The molecule has 0 aliphatic heterocycles. The molecule has 0 amide bonds. The lowest BCUT2D eigenvalue weighted by molar-refractivity contribution is 0.669. The molecule has 10 aromatic rings. The monoisotopic (exact) mass is 627 g/mol. The first-order chi connectivity index (χ1) is 24.3. The first-order valence-electron chi connectivity index (χ1n) is 16.6. The van der Waals surface area contributed by atoms with Crippen LogP contribution in [0.3, 0.4) is 0 Å². The summed E-state index contributed by atoms with van der Waals surface area (Å²) in [5.74, 6) is 0. The average molecular weight is 628 g/mol. The summed E-state index contributed by atoms with van der Waals surface area (Å²) in [6.45, 7) is 0. The van der Waals surface area contributed by atoms with Crippen molar-refractivity contribution in [2.45, 2.75) is 0 Å². The Morgan fingerprint density at radius 1 is 0.367 bits per heavy atom. The fourth-order valence-corrected chi connectivity index (χ4v) is 7.35. The van der Waals surface area contributed by atoms with E-state index in [0.29, 0.717) is 0 Å². The molecule has 49 heavy (non-hydrogen) atoms. The molecule has 0 N–H and O–H groups in total. The van der Waals surface area contributed by atoms with Gasteiger partial charge in [0.05, 0.1) is 5.69 Å². The molecule has 230 valence electrons. The van der Waals surface area contributed by atoms with E-state index in [-0.39, 0.29) is 0 Å². The summed E-state index contributed by atoms with van der Waals surface area (Å²) in [5, 5.41) is 6.84. The summed E-state index contributed by atoms with van der Waals surface area (Å²) in [6, 6.07) is 61.9. The molecule has 0 saturated carbocycles. The van der Waals surface area contributed by atoms with Crippen molar-refractivity contribution in [3.05, 3.63) is 176 Å². The van der Waals surface area contributed by atoms with E-state index in [0.717, 1.165) is 77.5 Å². The van der Waals surface area contributed by atoms with Gasteiger partial charge in [-0.1, -0.05) is 133 Å². The third kappa shape index (κ3) is 4.44. The van der Waals surface area contributed by atoms with E-state index in [2.05, 4.69) is 163 Å². The summed E-state index contributed by atoms with van der Waals surface area (Å²) in [4.78, 5) is 2.32. The third-order valence-electron chi connectivity index (χ3n) is 9.66. The van der Waals surface area contributed by atoms with Crippen LogP contribution < -0.4 is 4.90 Å². The fraction of sp³-hybridized carbons (Fsp3) is 0. The molecule has 3 heteroatoms. The van der Waals surface area contributed by atoms with E-state index >= 15 is 0 Å². The number of hydrogen-bond acceptors (Lipinski definition) is 3. The molecule has 0 unspecified atom stereocenters. The molecule has 0 aliphatic rings. The molecule has 0 aliphatic carbocycles. The smallest absolute Gasteiger partial charge is 0.160 e. The lowest BCUT2D eigenvalue weighted by Gasteiger charge is -2.26. The van der Waals surface area contributed by atoms with E-state index < -0.39 is 0 Å². The van der Waals surface area contributed by atoms with Crippen LogP contribution in [0.15, 0.2) is 185 Å². The van der Waals surface area contributed by atoms with Crippen LogP contribution in [0, 0.1) is 0 Å². The van der Waals surface area contributed by atoms with Gasteiger partial charge in [-0.05, 0) is 69.9 Å². The first kappa shape index (κ1) is 27.5. The molecular weight excluding hydrogens is 599 g/mol. The van der Waals surface area contributed by atoms with Gasteiger partial charge in [-0.25, -0.2) is 0 Å². The number of anilines is 3. The summed E-state index contributed by atoms with van der Waals surface area (Å²) in [5.41, 5.74) is 11.2. The van der Waals surface area contributed by atoms with Crippen molar-refractivity contribution in [1.29, 1.82) is 0 Å². The molecule has 0 saturated heterocycles. The molecule has 2 aromatic heterocycles. The van der Waals surface area contributed by atoms with Crippen LogP contribution in [-0.4, -0.2) is 0 Å². The van der Waals surface area contributed by atoms with Gasteiger partial charge in [0.1, 0.15) is 16.7 Å². The molecule has 0 spiro atoms. The van der Waals surface area contributed by atoms with Crippen molar-refractivity contribution in [2.75, 3.05) is 4.90 Å². The minimum atomic E-state index is 0.864. The number of nitrogens with zero attached hydrogens (tertiary/aromatic N) is 1. The van der Waals surface area contributed by atoms with Gasteiger partial charge in [-0.3, -0.25) is 0 Å².